The maximum Gasteiger partial charge on any atom is 0.328 e. The highest BCUT2D eigenvalue weighted by Crippen LogP contribution is 2.35. The zero-order valence-electron chi connectivity index (χ0n) is 13.4. The molecular weight excluding hydrogens is 358 g/mol. The van der Waals surface area contributed by atoms with Gasteiger partial charge in [0.25, 0.3) is 0 Å². The second-order valence-electron chi connectivity index (χ2n) is 5.83. The average Bonchev–Trinajstić information content (AvgIpc) is 2.59. The first-order valence-electron chi connectivity index (χ1n) is 7.63. The van der Waals surface area contributed by atoms with Crippen molar-refractivity contribution in [3.05, 3.63) is 35.4 Å². The Hall–Kier alpha value is -4.07. The summed E-state index contributed by atoms with van der Waals surface area (Å²) in [5, 5.41) is 16.6. The van der Waals surface area contributed by atoms with Crippen LogP contribution in [0.15, 0.2) is 24.3 Å². The Morgan fingerprint density at radius 1 is 0.704 bits per heavy atom. The van der Waals surface area contributed by atoms with Gasteiger partial charge in [-0.05, 0) is 17.7 Å². The van der Waals surface area contributed by atoms with Gasteiger partial charge in [-0.2, -0.15) is 5.26 Å². The van der Waals surface area contributed by atoms with Gasteiger partial charge in [0.1, 0.15) is 11.8 Å². The number of nitrogens with zero attached hydrogens (tertiary/aromatic N) is 1. The summed E-state index contributed by atoms with van der Waals surface area (Å²) in [6, 6.07) is 5.39. The summed E-state index contributed by atoms with van der Waals surface area (Å²) < 4.78 is 0. The molecule has 8 amide bonds. The SMILES string of the molecule is N#Cc1ccc(C(C2C(=O)NC(=O)NC2=O)C2C(=O)NC(=O)NC2=O)cc1. The van der Waals surface area contributed by atoms with E-state index in [1.54, 1.807) is 0 Å². The average molecular weight is 369 g/mol. The van der Waals surface area contributed by atoms with E-state index in [-0.39, 0.29) is 11.1 Å². The van der Waals surface area contributed by atoms with E-state index in [0.717, 1.165) is 0 Å². The molecule has 2 aliphatic heterocycles. The third-order valence-electron chi connectivity index (χ3n) is 4.22. The number of nitrogens with one attached hydrogen (secondary N) is 4. The topological polar surface area (TPSA) is 174 Å². The first-order valence-corrected chi connectivity index (χ1v) is 7.63. The van der Waals surface area contributed by atoms with Crippen LogP contribution in [-0.4, -0.2) is 35.7 Å². The minimum Gasteiger partial charge on any atom is -0.277 e. The summed E-state index contributed by atoms with van der Waals surface area (Å²) in [4.78, 5) is 71.8. The molecule has 0 atom stereocenters. The van der Waals surface area contributed by atoms with Gasteiger partial charge < -0.3 is 0 Å². The number of imide groups is 4. The van der Waals surface area contributed by atoms with Crippen LogP contribution < -0.4 is 21.3 Å². The van der Waals surface area contributed by atoms with Crippen molar-refractivity contribution >= 4 is 35.7 Å². The molecule has 11 heteroatoms. The highest BCUT2D eigenvalue weighted by atomic mass is 16.2. The Kier molecular flexibility index (Phi) is 4.39. The van der Waals surface area contributed by atoms with Gasteiger partial charge in [-0.25, -0.2) is 9.59 Å². The van der Waals surface area contributed by atoms with E-state index in [4.69, 9.17) is 5.26 Å². The van der Waals surface area contributed by atoms with Crippen molar-refractivity contribution in [2.75, 3.05) is 0 Å². The number of nitriles is 1. The number of barbiturate groups is 2. The molecule has 0 unspecified atom stereocenters. The Morgan fingerprint density at radius 3 is 1.41 bits per heavy atom. The predicted molar refractivity (Wildman–Crippen MR) is 84.2 cm³/mol. The minimum atomic E-state index is -1.59. The van der Waals surface area contributed by atoms with Gasteiger partial charge in [-0.15, -0.1) is 0 Å². The molecule has 0 radical (unpaired) electrons. The molecule has 2 aliphatic rings. The quantitative estimate of drug-likeness (QED) is 0.474. The molecule has 0 aromatic heterocycles. The van der Waals surface area contributed by atoms with Crippen LogP contribution >= 0.6 is 0 Å². The molecule has 0 saturated carbocycles. The summed E-state index contributed by atoms with van der Waals surface area (Å²) in [6.45, 7) is 0. The maximum atomic E-state index is 12.3. The molecule has 0 spiro atoms. The molecule has 2 heterocycles. The monoisotopic (exact) mass is 369 g/mol. The van der Waals surface area contributed by atoms with Crippen LogP contribution in [0.5, 0.6) is 0 Å². The number of amides is 8. The lowest BCUT2D eigenvalue weighted by molar-refractivity contribution is -0.141. The van der Waals surface area contributed by atoms with Gasteiger partial charge in [0.05, 0.1) is 11.6 Å². The molecule has 4 N–H and O–H groups in total. The van der Waals surface area contributed by atoms with Crippen LogP contribution in [0.2, 0.25) is 0 Å². The fraction of sp³-hybridized carbons (Fsp3) is 0.188. The van der Waals surface area contributed by atoms with Crippen molar-refractivity contribution in [1.29, 1.82) is 5.26 Å². The maximum absolute atomic E-state index is 12.3. The van der Waals surface area contributed by atoms with Gasteiger partial charge in [0.2, 0.25) is 23.6 Å². The van der Waals surface area contributed by atoms with Crippen LogP contribution in [-0.2, 0) is 19.2 Å². The van der Waals surface area contributed by atoms with E-state index in [1.807, 2.05) is 27.3 Å². The highest BCUT2D eigenvalue weighted by molar-refractivity contribution is 6.20. The molecular formula is C16H11N5O6. The normalized spacial score (nSPS) is 18.5. The van der Waals surface area contributed by atoms with Crippen molar-refractivity contribution in [2.24, 2.45) is 11.8 Å². The first-order chi connectivity index (χ1) is 12.8. The summed E-state index contributed by atoms with van der Waals surface area (Å²) >= 11 is 0. The molecule has 27 heavy (non-hydrogen) atoms. The van der Waals surface area contributed by atoms with Crippen molar-refractivity contribution in [3.8, 4) is 6.07 Å². The number of urea groups is 2. The van der Waals surface area contributed by atoms with Crippen LogP contribution in [0.1, 0.15) is 17.0 Å². The fourth-order valence-electron chi connectivity index (χ4n) is 3.07. The molecule has 0 bridgehead atoms. The van der Waals surface area contributed by atoms with E-state index in [9.17, 15) is 28.8 Å². The lowest BCUT2D eigenvalue weighted by Gasteiger charge is -2.34. The Morgan fingerprint density at radius 2 is 1.07 bits per heavy atom. The molecule has 11 nitrogen and oxygen atoms in total. The summed E-state index contributed by atoms with van der Waals surface area (Å²) in [5.41, 5.74) is 0.501. The number of rotatable bonds is 3. The van der Waals surface area contributed by atoms with Gasteiger partial charge in [-0.1, -0.05) is 12.1 Å². The van der Waals surface area contributed by atoms with E-state index >= 15 is 0 Å². The molecule has 1 aromatic rings. The summed E-state index contributed by atoms with van der Waals surface area (Å²) in [5.74, 6) is -8.47. The minimum absolute atomic E-state index is 0.225. The molecule has 2 fully saturated rings. The van der Waals surface area contributed by atoms with Crippen LogP contribution in [0.3, 0.4) is 0 Å². The Labute approximate surface area is 151 Å². The highest BCUT2D eigenvalue weighted by Gasteiger charge is 2.50. The van der Waals surface area contributed by atoms with Crippen molar-refractivity contribution < 1.29 is 28.8 Å². The third-order valence-corrected chi connectivity index (χ3v) is 4.22. The smallest absolute Gasteiger partial charge is 0.277 e. The van der Waals surface area contributed by atoms with Crippen LogP contribution in [0.25, 0.3) is 0 Å². The Balaban J connectivity index is 2.10. The molecule has 2 saturated heterocycles. The zero-order valence-corrected chi connectivity index (χ0v) is 13.4. The zero-order chi connectivity index (χ0) is 19.7. The molecule has 3 rings (SSSR count). The number of benzene rings is 1. The van der Waals surface area contributed by atoms with E-state index < -0.39 is 53.4 Å². The fourth-order valence-corrected chi connectivity index (χ4v) is 3.07. The third kappa shape index (κ3) is 3.23. The number of hydrogen-bond donors (Lipinski definition) is 4. The number of hydrogen-bond acceptors (Lipinski definition) is 7. The van der Waals surface area contributed by atoms with Crippen LogP contribution in [0.4, 0.5) is 9.59 Å². The Bertz CT molecular complexity index is 844. The van der Waals surface area contributed by atoms with Crippen LogP contribution in [0, 0.1) is 23.2 Å². The molecule has 0 aliphatic carbocycles. The summed E-state index contributed by atoms with van der Waals surface area (Å²) in [6.07, 6.45) is 0. The second kappa shape index (κ2) is 6.68. The largest absolute Gasteiger partial charge is 0.328 e. The van der Waals surface area contributed by atoms with E-state index in [2.05, 4.69) is 0 Å². The van der Waals surface area contributed by atoms with Gasteiger partial charge in [0, 0.05) is 5.92 Å². The number of carbonyl (C=O) groups excluding carboxylic acids is 6. The van der Waals surface area contributed by atoms with Crippen molar-refractivity contribution in [1.82, 2.24) is 21.3 Å². The molecule has 1 aromatic carbocycles. The standard InChI is InChI=1S/C16H11N5O6/c17-5-6-1-3-7(4-2-6)8(9-11(22)18-15(26)19-12(9)23)10-13(24)20-16(27)21-14(10)25/h1-4,8-10H,(H2,18,19,22,23,26)(H2,20,21,24,25,27). The van der Waals surface area contributed by atoms with Crippen molar-refractivity contribution in [2.45, 2.75) is 5.92 Å². The lowest BCUT2D eigenvalue weighted by atomic mass is 9.74. The van der Waals surface area contributed by atoms with Gasteiger partial charge in [-0.3, -0.25) is 40.4 Å². The first kappa shape index (κ1) is 17.7. The van der Waals surface area contributed by atoms with E-state index in [0.29, 0.717) is 0 Å². The van der Waals surface area contributed by atoms with Crippen molar-refractivity contribution in [3.63, 3.8) is 0 Å². The van der Waals surface area contributed by atoms with Gasteiger partial charge >= 0.3 is 12.1 Å². The summed E-state index contributed by atoms with van der Waals surface area (Å²) in [7, 11) is 0. The second-order valence-corrected chi connectivity index (χ2v) is 5.83. The van der Waals surface area contributed by atoms with Gasteiger partial charge in [0.15, 0.2) is 0 Å². The lowest BCUT2D eigenvalue weighted by Crippen LogP contribution is -2.62. The predicted octanol–water partition coefficient (Wildman–Crippen LogP) is -1.39. The van der Waals surface area contributed by atoms with E-state index in [1.165, 1.54) is 24.3 Å². The number of carbonyl (C=O) groups is 6. The molecule has 136 valence electrons.